The number of alkyl halides is 3. The van der Waals surface area contributed by atoms with E-state index in [9.17, 15) is 13.2 Å². The maximum atomic E-state index is 12.7. The van der Waals surface area contributed by atoms with Gasteiger partial charge in [0.05, 0.1) is 5.56 Å². The molecule has 1 N–H and O–H groups in total. The number of benzene rings is 1. The summed E-state index contributed by atoms with van der Waals surface area (Å²) in [6.45, 7) is 3.91. The zero-order chi connectivity index (χ0) is 12.9. The number of para-hydroxylation sites is 1. The maximum absolute atomic E-state index is 12.7. The van der Waals surface area contributed by atoms with Gasteiger partial charge in [-0.3, -0.25) is 0 Å². The Morgan fingerprint density at radius 3 is 2.53 bits per heavy atom. The van der Waals surface area contributed by atoms with Crippen LogP contribution in [0.2, 0.25) is 0 Å². The summed E-state index contributed by atoms with van der Waals surface area (Å²) in [7, 11) is 0. The SMILES string of the molecule is CCSCC(C)Nc1ccccc1C(F)(F)F. The molecule has 96 valence electrons. The summed E-state index contributed by atoms with van der Waals surface area (Å²) in [6.07, 6.45) is -4.30. The normalized spacial score (nSPS) is 13.5. The van der Waals surface area contributed by atoms with Gasteiger partial charge in [-0.25, -0.2) is 0 Å². The highest BCUT2D eigenvalue weighted by atomic mass is 32.2. The Morgan fingerprint density at radius 1 is 1.29 bits per heavy atom. The fraction of sp³-hybridized carbons (Fsp3) is 0.500. The first-order valence-electron chi connectivity index (χ1n) is 5.45. The molecule has 0 radical (unpaired) electrons. The second-order valence-electron chi connectivity index (χ2n) is 3.75. The molecule has 1 rings (SSSR count). The standard InChI is InChI=1S/C12H16F3NS/c1-3-17-8-9(2)16-11-7-5-4-6-10(11)12(13,14)15/h4-7,9,16H,3,8H2,1-2H3. The van der Waals surface area contributed by atoms with Crippen molar-refractivity contribution in [2.24, 2.45) is 0 Å². The van der Waals surface area contributed by atoms with Gasteiger partial charge in [-0.1, -0.05) is 19.1 Å². The van der Waals surface area contributed by atoms with Crippen molar-refractivity contribution in [2.75, 3.05) is 16.8 Å². The van der Waals surface area contributed by atoms with Crippen LogP contribution in [-0.4, -0.2) is 17.5 Å². The topological polar surface area (TPSA) is 12.0 Å². The molecule has 0 amide bonds. The van der Waals surface area contributed by atoms with Crippen LogP contribution in [0.3, 0.4) is 0 Å². The summed E-state index contributed by atoms with van der Waals surface area (Å²) in [5.41, 5.74) is -0.447. The number of rotatable bonds is 5. The van der Waals surface area contributed by atoms with Crippen molar-refractivity contribution < 1.29 is 13.2 Å². The molecular formula is C12H16F3NS. The molecule has 0 aliphatic carbocycles. The van der Waals surface area contributed by atoms with Crippen molar-refractivity contribution in [1.29, 1.82) is 0 Å². The van der Waals surface area contributed by atoms with Gasteiger partial charge in [0.25, 0.3) is 0 Å². The Balaban J connectivity index is 2.77. The minimum atomic E-state index is -4.30. The van der Waals surface area contributed by atoms with E-state index in [1.54, 1.807) is 17.8 Å². The molecule has 1 nitrogen and oxygen atoms in total. The lowest BCUT2D eigenvalue weighted by Crippen LogP contribution is -2.20. The Hall–Kier alpha value is -0.840. The van der Waals surface area contributed by atoms with Crippen LogP contribution in [0.25, 0.3) is 0 Å². The molecule has 0 aliphatic rings. The lowest BCUT2D eigenvalue weighted by molar-refractivity contribution is -0.137. The lowest BCUT2D eigenvalue weighted by atomic mass is 10.1. The average Bonchev–Trinajstić information content (AvgIpc) is 2.25. The summed E-state index contributed by atoms with van der Waals surface area (Å²) in [5.74, 6) is 1.76. The zero-order valence-corrected chi connectivity index (χ0v) is 10.7. The molecule has 0 heterocycles. The Morgan fingerprint density at radius 2 is 1.94 bits per heavy atom. The van der Waals surface area contributed by atoms with Gasteiger partial charge < -0.3 is 5.32 Å². The molecule has 0 saturated heterocycles. The molecule has 0 bridgehead atoms. The Labute approximate surface area is 104 Å². The Kier molecular flexibility index (Phi) is 5.18. The van der Waals surface area contributed by atoms with Gasteiger partial charge in [-0.05, 0) is 24.8 Å². The van der Waals surface area contributed by atoms with Gasteiger partial charge in [-0.15, -0.1) is 0 Å². The molecule has 0 saturated carbocycles. The van der Waals surface area contributed by atoms with Gasteiger partial charge in [0, 0.05) is 17.5 Å². The van der Waals surface area contributed by atoms with Crippen LogP contribution >= 0.6 is 11.8 Å². The van der Waals surface area contributed by atoms with Crippen LogP contribution in [-0.2, 0) is 6.18 Å². The van der Waals surface area contributed by atoms with Crippen LogP contribution in [0.5, 0.6) is 0 Å². The molecule has 1 atom stereocenters. The molecule has 5 heteroatoms. The summed E-state index contributed by atoms with van der Waals surface area (Å²) in [6, 6.07) is 5.60. The Bertz CT molecular complexity index is 352. The monoisotopic (exact) mass is 263 g/mol. The fourth-order valence-electron chi connectivity index (χ4n) is 1.46. The highest BCUT2D eigenvalue weighted by molar-refractivity contribution is 7.99. The summed E-state index contributed by atoms with van der Waals surface area (Å²) >= 11 is 1.71. The number of nitrogens with one attached hydrogen (secondary N) is 1. The smallest absolute Gasteiger partial charge is 0.381 e. The van der Waals surface area contributed by atoms with Crippen molar-refractivity contribution in [3.63, 3.8) is 0 Å². The van der Waals surface area contributed by atoms with E-state index in [4.69, 9.17) is 0 Å². The highest BCUT2D eigenvalue weighted by Crippen LogP contribution is 2.34. The largest absolute Gasteiger partial charge is 0.418 e. The molecule has 0 aromatic heterocycles. The maximum Gasteiger partial charge on any atom is 0.418 e. The molecule has 0 fully saturated rings. The van der Waals surface area contributed by atoms with E-state index in [1.165, 1.54) is 12.1 Å². The number of halogens is 3. The first kappa shape index (κ1) is 14.2. The van der Waals surface area contributed by atoms with Crippen molar-refractivity contribution in [3.8, 4) is 0 Å². The van der Waals surface area contributed by atoms with Crippen LogP contribution in [0.15, 0.2) is 24.3 Å². The summed E-state index contributed by atoms with van der Waals surface area (Å²) in [4.78, 5) is 0. The molecule has 0 spiro atoms. The van der Waals surface area contributed by atoms with E-state index in [0.29, 0.717) is 0 Å². The van der Waals surface area contributed by atoms with E-state index >= 15 is 0 Å². The minimum Gasteiger partial charge on any atom is -0.381 e. The van der Waals surface area contributed by atoms with Gasteiger partial charge in [0.1, 0.15) is 0 Å². The van der Waals surface area contributed by atoms with Crippen LogP contribution < -0.4 is 5.32 Å². The van der Waals surface area contributed by atoms with Crippen LogP contribution in [0.1, 0.15) is 19.4 Å². The van der Waals surface area contributed by atoms with E-state index in [-0.39, 0.29) is 11.7 Å². The van der Waals surface area contributed by atoms with Crippen molar-refractivity contribution in [3.05, 3.63) is 29.8 Å². The van der Waals surface area contributed by atoms with Gasteiger partial charge in [0.2, 0.25) is 0 Å². The molecule has 1 unspecified atom stereocenters. The predicted molar refractivity (Wildman–Crippen MR) is 67.5 cm³/mol. The zero-order valence-electron chi connectivity index (χ0n) is 9.84. The highest BCUT2D eigenvalue weighted by Gasteiger charge is 2.33. The van der Waals surface area contributed by atoms with Crippen LogP contribution in [0.4, 0.5) is 18.9 Å². The number of anilines is 1. The molecule has 1 aromatic carbocycles. The lowest BCUT2D eigenvalue weighted by Gasteiger charge is -2.18. The molecule has 0 aliphatic heterocycles. The third-order valence-electron chi connectivity index (χ3n) is 2.21. The molecule has 17 heavy (non-hydrogen) atoms. The molecular weight excluding hydrogens is 247 g/mol. The third-order valence-corrected chi connectivity index (χ3v) is 3.35. The van der Waals surface area contributed by atoms with E-state index in [1.807, 2.05) is 13.8 Å². The second kappa shape index (κ2) is 6.19. The first-order valence-corrected chi connectivity index (χ1v) is 6.61. The number of hydrogen-bond acceptors (Lipinski definition) is 2. The van der Waals surface area contributed by atoms with Crippen molar-refractivity contribution in [1.82, 2.24) is 0 Å². The van der Waals surface area contributed by atoms with E-state index in [0.717, 1.165) is 17.6 Å². The van der Waals surface area contributed by atoms with Crippen molar-refractivity contribution in [2.45, 2.75) is 26.1 Å². The van der Waals surface area contributed by atoms with Crippen LogP contribution in [0, 0.1) is 0 Å². The minimum absolute atomic E-state index is 0.0171. The van der Waals surface area contributed by atoms with E-state index in [2.05, 4.69) is 5.32 Å². The predicted octanol–water partition coefficient (Wildman–Crippen LogP) is 4.26. The van der Waals surface area contributed by atoms with Gasteiger partial charge in [-0.2, -0.15) is 24.9 Å². The number of hydrogen-bond donors (Lipinski definition) is 1. The second-order valence-corrected chi connectivity index (χ2v) is 5.07. The first-order chi connectivity index (χ1) is 7.95. The van der Waals surface area contributed by atoms with Crippen molar-refractivity contribution >= 4 is 17.4 Å². The fourth-order valence-corrected chi connectivity index (χ4v) is 2.13. The third kappa shape index (κ3) is 4.50. The summed E-state index contributed by atoms with van der Waals surface area (Å²) < 4.78 is 38.1. The number of thioether (sulfide) groups is 1. The van der Waals surface area contributed by atoms with Gasteiger partial charge >= 0.3 is 6.18 Å². The summed E-state index contributed by atoms with van der Waals surface area (Å²) in [5, 5.41) is 2.91. The average molecular weight is 263 g/mol. The quantitative estimate of drug-likeness (QED) is 0.852. The molecule has 1 aromatic rings. The van der Waals surface area contributed by atoms with E-state index < -0.39 is 11.7 Å². The van der Waals surface area contributed by atoms with Gasteiger partial charge in [0.15, 0.2) is 0 Å².